The van der Waals surface area contributed by atoms with Crippen molar-refractivity contribution < 1.29 is 14.3 Å². The Balaban J connectivity index is 2.22. The minimum absolute atomic E-state index is 0.0818. The fourth-order valence-electron chi connectivity index (χ4n) is 1.83. The number of anilines is 1. The summed E-state index contributed by atoms with van der Waals surface area (Å²) in [5.74, 6) is 0.633. The molecular formula is C16H14N2O3. The monoisotopic (exact) mass is 282 g/mol. The third-order valence-electron chi connectivity index (χ3n) is 2.78. The summed E-state index contributed by atoms with van der Waals surface area (Å²) in [6.07, 6.45) is 0. The molecule has 0 saturated heterocycles. The molecule has 21 heavy (non-hydrogen) atoms. The highest BCUT2D eigenvalue weighted by atomic mass is 16.5. The highest BCUT2D eigenvalue weighted by Gasteiger charge is 2.13. The van der Waals surface area contributed by atoms with E-state index in [1.807, 2.05) is 6.07 Å². The van der Waals surface area contributed by atoms with E-state index < -0.39 is 0 Å². The molecule has 0 spiro atoms. The van der Waals surface area contributed by atoms with Crippen molar-refractivity contribution in [2.24, 2.45) is 0 Å². The highest BCUT2D eigenvalue weighted by Crippen LogP contribution is 2.25. The van der Waals surface area contributed by atoms with E-state index in [1.165, 1.54) is 7.11 Å². The van der Waals surface area contributed by atoms with Gasteiger partial charge in [-0.1, -0.05) is 24.3 Å². The number of para-hydroxylation sites is 3. The van der Waals surface area contributed by atoms with Gasteiger partial charge >= 0.3 is 0 Å². The predicted molar refractivity (Wildman–Crippen MR) is 78.5 cm³/mol. The van der Waals surface area contributed by atoms with Gasteiger partial charge in [0.1, 0.15) is 17.6 Å². The maximum Gasteiger partial charge on any atom is 0.259 e. The first-order valence-corrected chi connectivity index (χ1v) is 6.29. The normalized spacial score (nSPS) is 9.52. The molecule has 0 radical (unpaired) electrons. The zero-order valence-corrected chi connectivity index (χ0v) is 11.5. The summed E-state index contributed by atoms with van der Waals surface area (Å²) < 4.78 is 10.4. The maximum atomic E-state index is 12.3. The van der Waals surface area contributed by atoms with Crippen LogP contribution in [-0.4, -0.2) is 19.6 Å². The number of benzene rings is 2. The smallest absolute Gasteiger partial charge is 0.259 e. The molecule has 0 unspecified atom stereocenters. The van der Waals surface area contributed by atoms with Crippen LogP contribution >= 0.6 is 0 Å². The standard InChI is InChI=1S/C16H14N2O3/c1-20-14-8-4-2-6-12(14)16(19)18-13-7-3-5-9-15(13)21-11-10-17/h2-9H,11H2,1H3,(H,18,19). The molecule has 0 aliphatic carbocycles. The molecule has 0 fully saturated rings. The molecule has 2 aromatic rings. The van der Waals surface area contributed by atoms with Gasteiger partial charge in [-0.15, -0.1) is 0 Å². The third-order valence-corrected chi connectivity index (χ3v) is 2.78. The molecule has 2 rings (SSSR count). The number of nitriles is 1. The number of hydrogen-bond acceptors (Lipinski definition) is 4. The number of carbonyl (C=O) groups is 1. The number of hydrogen-bond donors (Lipinski definition) is 1. The Bertz CT molecular complexity index is 677. The van der Waals surface area contributed by atoms with Crippen LogP contribution in [0.3, 0.4) is 0 Å². The first kappa shape index (κ1) is 14.4. The van der Waals surface area contributed by atoms with E-state index in [4.69, 9.17) is 14.7 Å². The third kappa shape index (κ3) is 3.51. The maximum absolute atomic E-state index is 12.3. The van der Waals surface area contributed by atoms with Crippen LogP contribution in [0.5, 0.6) is 11.5 Å². The summed E-state index contributed by atoms with van der Waals surface area (Å²) in [6.45, 7) is -0.0818. The van der Waals surface area contributed by atoms with Gasteiger partial charge in [-0.2, -0.15) is 5.26 Å². The average Bonchev–Trinajstić information content (AvgIpc) is 2.54. The molecule has 1 amide bonds. The van der Waals surface area contributed by atoms with Crippen molar-refractivity contribution in [3.63, 3.8) is 0 Å². The van der Waals surface area contributed by atoms with Crippen molar-refractivity contribution in [2.75, 3.05) is 19.0 Å². The Morgan fingerprint density at radius 2 is 1.81 bits per heavy atom. The van der Waals surface area contributed by atoms with Gasteiger partial charge in [-0.05, 0) is 24.3 Å². The quantitative estimate of drug-likeness (QED) is 0.915. The van der Waals surface area contributed by atoms with Gasteiger partial charge in [-0.3, -0.25) is 4.79 Å². The second kappa shape index (κ2) is 6.96. The molecule has 0 heterocycles. The van der Waals surface area contributed by atoms with Crippen molar-refractivity contribution in [3.05, 3.63) is 54.1 Å². The van der Waals surface area contributed by atoms with Gasteiger partial charge in [0.05, 0.1) is 18.4 Å². The molecule has 2 aromatic carbocycles. The van der Waals surface area contributed by atoms with E-state index in [-0.39, 0.29) is 12.5 Å². The van der Waals surface area contributed by atoms with Crippen molar-refractivity contribution in [2.45, 2.75) is 0 Å². The number of ether oxygens (including phenoxy) is 2. The second-order valence-corrected chi connectivity index (χ2v) is 4.10. The van der Waals surface area contributed by atoms with E-state index in [0.717, 1.165) is 0 Å². The van der Waals surface area contributed by atoms with E-state index >= 15 is 0 Å². The van der Waals surface area contributed by atoms with E-state index in [1.54, 1.807) is 48.5 Å². The Kier molecular flexibility index (Phi) is 4.78. The number of carbonyl (C=O) groups excluding carboxylic acids is 1. The lowest BCUT2D eigenvalue weighted by Gasteiger charge is -2.12. The minimum atomic E-state index is -0.305. The van der Waals surface area contributed by atoms with Crippen LogP contribution in [0.25, 0.3) is 0 Å². The Hall–Kier alpha value is -3.00. The minimum Gasteiger partial charge on any atom is -0.496 e. The van der Waals surface area contributed by atoms with E-state index in [0.29, 0.717) is 22.7 Å². The lowest BCUT2D eigenvalue weighted by atomic mass is 10.2. The van der Waals surface area contributed by atoms with Gasteiger partial charge in [0.15, 0.2) is 6.61 Å². The topological polar surface area (TPSA) is 71.3 Å². The average molecular weight is 282 g/mol. The summed E-state index contributed by atoms with van der Waals surface area (Å²) in [5.41, 5.74) is 0.929. The fourth-order valence-corrected chi connectivity index (χ4v) is 1.83. The molecule has 0 saturated carbocycles. The molecule has 5 nitrogen and oxygen atoms in total. The highest BCUT2D eigenvalue weighted by molar-refractivity contribution is 6.06. The summed E-state index contributed by atoms with van der Waals surface area (Å²) in [6, 6.07) is 15.8. The number of methoxy groups -OCH3 is 1. The Morgan fingerprint density at radius 1 is 1.14 bits per heavy atom. The number of amides is 1. The van der Waals surface area contributed by atoms with Crippen molar-refractivity contribution in [1.29, 1.82) is 5.26 Å². The molecular weight excluding hydrogens is 268 g/mol. The van der Waals surface area contributed by atoms with Gasteiger partial charge in [0.2, 0.25) is 0 Å². The zero-order chi connectivity index (χ0) is 15.1. The van der Waals surface area contributed by atoms with Gasteiger partial charge in [0, 0.05) is 0 Å². The Labute approximate surface area is 122 Å². The fraction of sp³-hybridized carbons (Fsp3) is 0.125. The molecule has 0 aromatic heterocycles. The molecule has 106 valence electrons. The first-order valence-electron chi connectivity index (χ1n) is 6.29. The molecule has 0 aliphatic heterocycles. The molecule has 0 aliphatic rings. The van der Waals surface area contributed by atoms with Crippen molar-refractivity contribution in [3.8, 4) is 17.6 Å². The zero-order valence-electron chi connectivity index (χ0n) is 11.5. The van der Waals surface area contributed by atoms with Crippen LogP contribution in [0.15, 0.2) is 48.5 Å². The van der Waals surface area contributed by atoms with Crippen molar-refractivity contribution in [1.82, 2.24) is 0 Å². The Morgan fingerprint density at radius 3 is 2.52 bits per heavy atom. The first-order chi connectivity index (χ1) is 10.3. The second-order valence-electron chi connectivity index (χ2n) is 4.10. The van der Waals surface area contributed by atoms with E-state index in [9.17, 15) is 4.79 Å². The lowest BCUT2D eigenvalue weighted by Crippen LogP contribution is -2.14. The summed E-state index contributed by atoms with van der Waals surface area (Å²) in [7, 11) is 1.51. The number of nitrogens with zero attached hydrogens (tertiary/aromatic N) is 1. The molecule has 0 bridgehead atoms. The van der Waals surface area contributed by atoms with E-state index in [2.05, 4.69) is 5.32 Å². The molecule has 0 atom stereocenters. The number of rotatable bonds is 5. The molecule has 1 N–H and O–H groups in total. The van der Waals surface area contributed by atoms with Crippen LogP contribution in [-0.2, 0) is 0 Å². The lowest BCUT2D eigenvalue weighted by molar-refractivity contribution is 0.102. The number of nitrogens with one attached hydrogen (secondary N) is 1. The van der Waals surface area contributed by atoms with Crippen LogP contribution in [0.4, 0.5) is 5.69 Å². The largest absolute Gasteiger partial charge is 0.496 e. The summed E-state index contributed by atoms with van der Waals surface area (Å²) >= 11 is 0. The predicted octanol–water partition coefficient (Wildman–Crippen LogP) is 2.85. The van der Waals surface area contributed by atoms with Crippen molar-refractivity contribution >= 4 is 11.6 Å². The molecule has 5 heteroatoms. The van der Waals surface area contributed by atoms with Crippen LogP contribution in [0.1, 0.15) is 10.4 Å². The van der Waals surface area contributed by atoms with Crippen LogP contribution in [0.2, 0.25) is 0 Å². The van der Waals surface area contributed by atoms with Crippen LogP contribution < -0.4 is 14.8 Å². The SMILES string of the molecule is COc1ccccc1C(=O)Nc1ccccc1OCC#N. The summed E-state index contributed by atoms with van der Waals surface area (Å²) in [4.78, 5) is 12.3. The van der Waals surface area contributed by atoms with Gasteiger partial charge in [0.25, 0.3) is 5.91 Å². The van der Waals surface area contributed by atoms with Gasteiger partial charge < -0.3 is 14.8 Å². The van der Waals surface area contributed by atoms with Crippen LogP contribution in [0, 0.1) is 11.3 Å². The summed E-state index contributed by atoms with van der Waals surface area (Å²) in [5, 5.41) is 11.3. The van der Waals surface area contributed by atoms with Gasteiger partial charge in [-0.25, -0.2) is 0 Å².